The number of hydrogen-bond donors (Lipinski definition) is 0. The van der Waals surface area contributed by atoms with Crippen molar-refractivity contribution in [2.75, 3.05) is 32.5 Å². The van der Waals surface area contributed by atoms with E-state index < -0.39 is 10.0 Å². The van der Waals surface area contributed by atoms with Gasteiger partial charge in [-0.2, -0.15) is 4.31 Å². The molecule has 1 aliphatic carbocycles. The van der Waals surface area contributed by atoms with Gasteiger partial charge in [0.2, 0.25) is 15.9 Å². The maximum absolute atomic E-state index is 12.5. The van der Waals surface area contributed by atoms with Crippen molar-refractivity contribution in [1.82, 2.24) is 9.21 Å². The minimum Gasteiger partial charge on any atom is -0.375 e. The Morgan fingerprint density at radius 2 is 1.95 bits per heavy atom. The Labute approximate surface area is 125 Å². The molecule has 21 heavy (non-hydrogen) atoms. The number of fused-ring (bicyclic) bond motifs is 1. The minimum absolute atomic E-state index is 0.0396. The molecular weight excluding hydrogens is 292 g/mol. The molecule has 118 valence electrons. The highest BCUT2D eigenvalue weighted by Gasteiger charge is 2.42. The number of likely N-dealkylation sites (tertiary alicyclic amines) is 1. The number of ether oxygens (including phenoxy) is 1. The maximum Gasteiger partial charge on any atom is 0.226 e. The smallest absolute Gasteiger partial charge is 0.226 e. The van der Waals surface area contributed by atoms with Gasteiger partial charge in [0.25, 0.3) is 0 Å². The first-order valence-electron chi connectivity index (χ1n) is 7.49. The molecule has 0 bridgehead atoms. The van der Waals surface area contributed by atoms with E-state index in [1.807, 2.05) is 17.1 Å². The van der Waals surface area contributed by atoms with Crippen molar-refractivity contribution in [3.05, 3.63) is 12.2 Å². The lowest BCUT2D eigenvalue weighted by atomic mass is 9.98. The molecule has 0 aromatic rings. The normalized spacial score (nSPS) is 31.4. The molecule has 6 nitrogen and oxygen atoms in total. The van der Waals surface area contributed by atoms with E-state index in [1.54, 1.807) is 0 Å². The third kappa shape index (κ3) is 3.00. The number of rotatable bonds is 2. The lowest BCUT2D eigenvalue weighted by Crippen LogP contribution is -2.62. The third-order valence-corrected chi connectivity index (χ3v) is 5.93. The molecule has 2 aliphatic heterocycles. The van der Waals surface area contributed by atoms with Crippen LogP contribution in [0.15, 0.2) is 12.2 Å². The molecule has 0 aromatic heterocycles. The lowest BCUT2D eigenvalue weighted by Gasteiger charge is -2.46. The van der Waals surface area contributed by atoms with Crippen LogP contribution in [0.4, 0.5) is 0 Å². The van der Waals surface area contributed by atoms with E-state index >= 15 is 0 Å². The second kappa shape index (κ2) is 5.70. The Bertz CT molecular complexity index is 537. The predicted octanol–water partition coefficient (Wildman–Crippen LogP) is 0.214. The Hall–Kier alpha value is -0.920. The summed E-state index contributed by atoms with van der Waals surface area (Å²) in [6, 6.07) is -0.235. The van der Waals surface area contributed by atoms with Crippen LogP contribution in [0.1, 0.15) is 19.3 Å². The average Bonchev–Trinajstić information content (AvgIpc) is 2.98. The van der Waals surface area contributed by atoms with Crippen molar-refractivity contribution in [3.63, 3.8) is 0 Å². The van der Waals surface area contributed by atoms with Gasteiger partial charge in [-0.25, -0.2) is 8.42 Å². The van der Waals surface area contributed by atoms with Crippen molar-refractivity contribution in [1.29, 1.82) is 0 Å². The number of morpholine rings is 1. The number of carbonyl (C=O) groups is 1. The first-order valence-corrected chi connectivity index (χ1v) is 9.34. The zero-order chi connectivity index (χ0) is 15.0. The van der Waals surface area contributed by atoms with Crippen LogP contribution in [0.25, 0.3) is 0 Å². The molecule has 3 rings (SSSR count). The largest absolute Gasteiger partial charge is 0.375 e. The summed E-state index contributed by atoms with van der Waals surface area (Å²) in [4.78, 5) is 14.3. The Morgan fingerprint density at radius 3 is 2.62 bits per heavy atom. The van der Waals surface area contributed by atoms with E-state index in [0.717, 1.165) is 12.8 Å². The lowest BCUT2D eigenvalue weighted by molar-refractivity contribution is -0.142. The van der Waals surface area contributed by atoms with Gasteiger partial charge in [0.15, 0.2) is 0 Å². The predicted molar refractivity (Wildman–Crippen MR) is 78.1 cm³/mol. The van der Waals surface area contributed by atoms with Gasteiger partial charge in [-0.15, -0.1) is 0 Å². The first kappa shape index (κ1) is 15.0. The Morgan fingerprint density at radius 1 is 1.24 bits per heavy atom. The summed E-state index contributed by atoms with van der Waals surface area (Å²) in [7, 11) is -3.26. The zero-order valence-electron chi connectivity index (χ0n) is 12.3. The number of sulfonamides is 1. The summed E-state index contributed by atoms with van der Waals surface area (Å²) in [6.45, 7) is 1.93. The van der Waals surface area contributed by atoms with Crippen molar-refractivity contribution in [3.8, 4) is 0 Å². The summed E-state index contributed by atoms with van der Waals surface area (Å²) in [6.07, 6.45) is 7.55. The molecule has 0 N–H and O–H groups in total. The molecule has 2 atom stereocenters. The van der Waals surface area contributed by atoms with Crippen molar-refractivity contribution >= 4 is 15.9 Å². The SMILES string of the molecule is CS(=O)(=O)N1CCO[C@H]2CCN(C(=O)C3CC=CC3)C[C@@H]21. The molecule has 0 saturated carbocycles. The highest BCUT2D eigenvalue weighted by molar-refractivity contribution is 7.88. The fourth-order valence-corrected chi connectivity index (χ4v) is 4.63. The number of piperidine rings is 1. The summed E-state index contributed by atoms with van der Waals surface area (Å²) in [5.74, 6) is 0.190. The number of hydrogen-bond acceptors (Lipinski definition) is 4. The van der Waals surface area contributed by atoms with Crippen LogP contribution in [0.3, 0.4) is 0 Å². The van der Waals surface area contributed by atoms with Crippen molar-refractivity contribution in [2.24, 2.45) is 5.92 Å². The summed E-state index contributed by atoms with van der Waals surface area (Å²) in [5, 5.41) is 0. The van der Waals surface area contributed by atoms with Gasteiger partial charge in [-0.05, 0) is 19.3 Å². The van der Waals surface area contributed by atoms with Crippen LogP contribution in [-0.4, -0.2) is 68.2 Å². The van der Waals surface area contributed by atoms with Crippen LogP contribution in [-0.2, 0) is 19.6 Å². The molecule has 1 amide bonds. The third-order valence-electron chi connectivity index (χ3n) is 4.63. The van der Waals surface area contributed by atoms with Gasteiger partial charge in [0.05, 0.1) is 25.0 Å². The van der Waals surface area contributed by atoms with Gasteiger partial charge >= 0.3 is 0 Å². The standard InChI is InChI=1S/C14H22N2O4S/c1-21(18,19)16-8-9-20-13-6-7-15(10-12(13)16)14(17)11-4-2-3-5-11/h2-3,11-13H,4-10H2,1H3/t12-,13-/m0/s1. The van der Waals surface area contributed by atoms with Gasteiger partial charge in [0, 0.05) is 25.6 Å². The van der Waals surface area contributed by atoms with Crippen LogP contribution in [0.2, 0.25) is 0 Å². The number of amides is 1. The van der Waals surface area contributed by atoms with Crippen LogP contribution in [0, 0.1) is 5.92 Å². The van der Waals surface area contributed by atoms with E-state index in [4.69, 9.17) is 4.74 Å². The molecule has 2 saturated heterocycles. The van der Waals surface area contributed by atoms with E-state index in [-0.39, 0.29) is 24.0 Å². The number of allylic oxidation sites excluding steroid dienone is 2. The van der Waals surface area contributed by atoms with E-state index in [0.29, 0.717) is 32.7 Å². The highest BCUT2D eigenvalue weighted by Crippen LogP contribution is 2.28. The van der Waals surface area contributed by atoms with Crippen molar-refractivity contribution < 1.29 is 17.9 Å². The van der Waals surface area contributed by atoms with Gasteiger partial charge in [0.1, 0.15) is 0 Å². The topological polar surface area (TPSA) is 66.9 Å². The summed E-state index contributed by atoms with van der Waals surface area (Å²) >= 11 is 0. The maximum atomic E-state index is 12.5. The van der Waals surface area contributed by atoms with Gasteiger partial charge < -0.3 is 9.64 Å². The molecule has 2 heterocycles. The average molecular weight is 314 g/mol. The molecule has 0 aromatic carbocycles. The van der Waals surface area contributed by atoms with E-state index in [2.05, 4.69) is 0 Å². The van der Waals surface area contributed by atoms with Gasteiger partial charge in [-0.3, -0.25) is 4.79 Å². The highest BCUT2D eigenvalue weighted by atomic mass is 32.2. The summed E-state index contributed by atoms with van der Waals surface area (Å²) < 4.78 is 31.1. The molecule has 0 spiro atoms. The van der Waals surface area contributed by atoms with Gasteiger partial charge in [-0.1, -0.05) is 12.2 Å². The van der Waals surface area contributed by atoms with E-state index in [1.165, 1.54) is 10.6 Å². The molecule has 2 fully saturated rings. The zero-order valence-corrected chi connectivity index (χ0v) is 13.1. The summed E-state index contributed by atoms with van der Waals surface area (Å²) in [5.41, 5.74) is 0. The van der Waals surface area contributed by atoms with Crippen LogP contribution < -0.4 is 0 Å². The number of carbonyl (C=O) groups excluding carboxylic acids is 1. The molecule has 3 aliphatic rings. The first-order chi connectivity index (χ1) is 9.97. The molecule has 7 heteroatoms. The Balaban J connectivity index is 1.72. The fraction of sp³-hybridized carbons (Fsp3) is 0.786. The molecular formula is C14H22N2O4S. The second-order valence-electron chi connectivity index (χ2n) is 6.06. The molecule has 0 unspecified atom stereocenters. The second-order valence-corrected chi connectivity index (χ2v) is 8.00. The molecule has 0 radical (unpaired) electrons. The fourth-order valence-electron chi connectivity index (χ4n) is 3.53. The minimum atomic E-state index is -3.26. The Kier molecular flexibility index (Phi) is 4.07. The van der Waals surface area contributed by atoms with Crippen LogP contribution >= 0.6 is 0 Å². The van der Waals surface area contributed by atoms with E-state index in [9.17, 15) is 13.2 Å². The quantitative estimate of drug-likeness (QED) is 0.684. The van der Waals surface area contributed by atoms with Crippen molar-refractivity contribution in [2.45, 2.75) is 31.4 Å². The number of nitrogens with zero attached hydrogens (tertiary/aromatic N) is 2. The van der Waals surface area contributed by atoms with Crippen LogP contribution in [0.5, 0.6) is 0 Å². The monoisotopic (exact) mass is 314 g/mol.